The van der Waals surface area contributed by atoms with Crippen molar-refractivity contribution >= 4 is 22.8 Å². The molecule has 0 atom stereocenters. The third kappa shape index (κ3) is 1.19. The van der Waals surface area contributed by atoms with Crippen molar-refractivity contribution in [3.05, 3.63) is 17.1 Å². The fourth-order valence-corrected chi connectivity index (χ4v) is 0.941. The van der Waals surface area contributed by atoms with E-state index in [1.807, 2.05) is 0 Å². The first kappa shape index (κ1) is 6.88. The fourth-order valence-electron chi connectivity index (χ4n) is 0.410. The number of hydrogen-bond acceptors (Lipinski definition) is 4. The zero-order valence-corrected chi connectivity index (χ0v) is 5.89. The van der Waals surface area contributed by atoms with Crippen LogP contribution in [0.5, 0.6) is 0 Å². The average Bonchev–Trinajstić information content (AvgIpc) is 2.36. The van der Waals surface area contributed by atoms with Gasteiger partial charge in [0.05, 0.1) is 5.57 Å². The van der Waals surface area contributed by atoms with Crippen LogP contribution in [0.15, 0.2) is 12.1 Å². The van der Waals surface area contributed by atoms with Crippen molar-refractivity contribution in [2.75, 3.05) is 0 Å². The van der Waals surface area contributed by atoms with E-state index in [9.17, 15) is 4.79 Å². The van der Waals surface area contributed by atoms with E-state index in [4.69, 9.17) is 5.73 Å². The minimum Gasteiger partial charge on any atom is -0.366 e. The summed E-state index contributed by atoms with van der Waals surface area (Å²) < 4.78 is 0. The van der Waals surface area contributed by atoms with Crippen molar-refractivity contribution in [3.8, 4) is 0 Å². The lowest BCUT2D eigenvalue weighted by molar-refractivity contribution is -0.112. The van der Waals surface area contributed by atoms with E-state index in [1.54, 1.807) is 0 Å². The van der Waals surface area contributed by atoms with Crippen molar-refractivity contribution in [2.24, 2.45) is 5.73 Å². The largest absolute Gasteiger partial charge is 0.366 e. The molecule has 1 heterocycles. The number of hydrogen-bond donors (Lipinski definition) is 1. The molecule has 0 spiro atoms. The maximum atomic E-state index is 10.5. The van der Waals surface area contributed by atoms with Crippen LogP contribution in [0.25, 0.3) is 5.57 Å². The number of aromatic nitrogens is 2. The molecule has 0 aromatic carbocycles. The Hall–Kier alpha value is -1.23. The molecule has 0 saturated heterocycles. The number of amides is 1. The summed E-state index contributed by atoms with van der Waals surface area (Å²) in [5.74, 6) is -0.559. The van der Waals surface area contributed by atoms with Crippen molar-refractivity contribution in [3.63, 3.8) is 0 Å². The molecule has 0 unspecified atom stereocenters. The molecule has 0 fully saturated rings. The Labute approximate surface area is 61.4 Å². The van der Waals surface area contributed by atoms with Gasteiger partial charge in [0.2, 0.25) is 0 Å². The molecule has 5 heteroatoms. The van der Waals surface area contributed by atoms with E-state index >= 15 is 0 Å². The molecular weight excluding hydrogens is 150 g/mol. The van der Waals surface area contributed by atoms with Gasteiger partial charge >= 0.3 is 0 Å². The highest BCUT2D eigenvalue weighted by Gasteiger charge is 2.06. The number of nitrogens with two attached hydrogens (primary N) is 1. The van der Waals surface area contributed by atoms with Crippen molar-refractivity contribution in [1.82, 2.24) is 10.2 Å². The molecule has 1 aromatic rings. The van der Waals surface area contributed by atoms with Gasteiger partial charge in [-0.1, -0.05) is 17.9 Å². The summed E-state index contributed by atoms with van der Waals surface area (Å²) in [5, 5.41) is 7.61. The van der Waals surface area contributed by atoms with E-state index in [0.717, 1.165) is 0 Å². The molecule has 2 N–H and O–H groups in total. The molecular formula is C5H5N3OS. The zero-order valence-electron chi connectivity index (χ0n) is 5.07. The highest BCUT2D eigenvalue weighted by atomic mass is 32.1. The van der Waals surface area contributed by atoms with Crippen LogP contribution in [0.4, 0.5) is 0 Å². The molecule has 0 aliphatic carbocycles. The van der Waals surface area contributed by atoms with E-state index in [2.05, 4.69) is 16.8 Å². The molecule has 0 saturated carbocycles. The first-order chi connectivity index (χ1) is 4.72. The number of carbonyl (C=O) groups is 1. The fraction of sp³-hybridized carbons (Fsp3) is 0. The second-order valence-corrected chi connectivity index (χ2v) is 2.42. The van der Waals surface area contributed by atoms with E-state index in [-0.39, 0.29) is 5.57 Å². The SMILES string of the molecule is C=C(C(N)=O)c1nncs1. The van der Waals surface area contributed by atoms with Gasteiger partial charge in [0.25, 0.3) is 5.91 Å². The highest BCUT2D eigenvalue weighted by molar-refractivity contribution is 7.10. The topological polar surface area (TPSA) is 68.9 Å². The number of carbonyl (C=O) groups excluding carboxylic acids is 1. The van der Waals surface area contributed by atoms with Crippen LogP contribution >= 0.6 is 11.3 Å². The smallest absolute Gasteiger partial charge is 0.251 e. The Kier molecular flexibility index (Phi) is 1.77. The third-order valence-electron chi connectivity index (χ3n) is 0.916. The summed E-state index contributed by atoms with van der Waals surface area (Å²) in [6.07, 6.45) is 0. The predicted octanol–water partition coefficient (Wildman–Crippen LogP) is 0.0366. The molecule has 0 radical (unpaired) electrons. The number of primary amides is 1. The lowest BCUT2D eigenvalue weighted by Gasteiger charge is -1.90. The molecule has 0 aliphatic heterocycles. The van der Waals surface area contributed by atoms with Crippen LogP contribution in [0.2, 0.25) is 0 Å². The molecule has 52 valence electrons. The summed E-state index contributed by atoms with van der Waals surface area (Å²) in [4.78, 5) is 10.5. The Bertz CT molecular complexity index is 254. The molecule has 1 aromatic heterocycles. The van der Waals surface area contributed by atoms with Gasteiger partial charge in [0, 0.05) is 0 Å². The van der Waals surface area contributed by atoms with Crippen LogP contribution in [0.3, 0.4) is 0 Å². The van der Waals surface area contributed by atoms with Crippen LogP contribution in [-0.4, -0.2) is 16.1 Å². The Morgan fingerprint density at radius 2 is 2.50 bits per heavy atom. The summed E-state index contributed by atoms with van der Waals surface area (Å²) in [6.45, 7) is 3.43. The first-order valence-electron chi connectivity index (χ1n) is 2.47. The maximum Gasteiger partial charge on any atom is 0.251 e. The predicted molar refractivity (Wildman–Crippen MR) is 38.1 cm³/mol. The van der Waals surface area contributed by atoms with Gasteiger partial charge in [-0.25, -0.2) is 0 Å². The second kappa shape index (κ2) is 2.57. The maximum absolute atomic E-state index is 10.5. The standard InChI is InChI=1S/C5H5N3OS/c1-3(4(6)9)5-8-7-2-10-5/h2H,1H2,(H2,6,9). The Morgan fingerprint density at radius 1 is 1.80 bits per heavy atom. The average molecular weight is 155 g/mol. The molecule has 1 rings (SSSR count). The third-order valence-corrected chi connectivity index (χ3v) is 1.67. The van der Waals surface area contributed by atoms with Gasteiger partial charge < -0.3 is 5.73 Å². The minimum absolute atomic E-state index is 0.211. The van der Waals surface area contributed by atoms with Crippen molar-refractivity contribution < 1.29 is 4.79 Å². The van der Waals surface area contributed by atoms with Crippen LogP contribution < -0.4 is 5.73 Å². The Morgan fingerprint density at radius 3 is 2.90 bits per heavy atom. The van der Waals surface area contributed by atoms with Gasteiger partial charge in [-0.3, -0.25) is 4.79 Å². The molecule has 1 amide bonds. The quantitative estimate of drug-likeness (QED) is 0.613. The van der Waals surface area contributed by atoms with Gasteiger partial charge in [0.15, 0.2) is 5.01 Å². The number of rotatable bonds is 2. The van der Waals surface area contributed by atoms with Crippen LogP contribution in [-0.2, 0) is 4.79 Å². The zero-order chi connectivity index (χ0) is 7.56. The highest BCUT2D eigenvalue weighted by Crippen LogP contribution is 2.11. The number of nitrogens with zero attached hydrogens (tertiary/aromatic N) is 2. The first-order valence-corrected chi connectivity index (χ1v) is 3.35. The van der Waals surface area contributed by atoms with E-state index in [1.165, 1.54) is 16.8 Å². The minimum atomic E-state index is -0.559. The van der Waals surface area contributed by atoms with Gasteiger partial charge in [-0.2, -0.15) is 0 Å². The monoisotopic (exact) mass is 155 g/mol. The summed E-state index contributed by atoms with van der Waals surface area (Å²) in [6, 6.07) is 0. The van der Waals surface area contributed by atoms with Crippen LogP contribution in [0.1, 0.15) is 5.01 Å². The van der Waals surface area contributed by atoms with Crippen molar-refractivity contribution in [2.45, 2.75) is 0 Å². The lowest BCUT2D eigenvalue weighted by atomic mass is 10.3. The van der Waals surface area contributed by atoms with Crippen LogP contribution in [0, 0.1) is 0 Å². The van der Waals surface area contributed by atoms with E-state index in [0.29, 0.717) is 5.01 Å². The van der Waals surface area contributed by atoms with E-state index < -0.39 is 5.91 Å². The van der Waals surface area contributed by atoms with Crippen molar-refractivity contribution in [1.29, 1.82) is 0 Å². The molecule has 0 aliphatic rings. The molecule has 10 heavy (non-hydrogen) atoms. The summed E-state index contributed by atoms with van der Waals surface area (Å²) in [5.41, 5.74) is 6.66. The lowest BCUT2D eigenvalue weighted by Crippen LogP contribution is -2.11. The Balaban J connectivity index is 2.88. The van der Waals surface area contributed by atoms with Gasteiger partial charge in [0.1, 0.15) is 5.51 Å². The normalized spacial score (nSPS) is 9.20. The summed E-state index contributed by atoms with van der Waals surface area (Å²) >= 11 is 1.24. The van der Waals surface area contributed by atoms with Gasteiger partial charge in [-0.15, -0.1) is 10.2 Å². The molecule has 4 nitrogen and oxygen atoms in total. The van der Waals surface area contributed by atoms with Gasteiger partial charge in [-0.05, 0) is 0 Å². The summed E-state index contributed by atoms with van der Waals surface area (Å²) in [7, 11) is 0. The second-order valence-electron chi connectivity index (χ2n) is 1.59. The molecule has 0 bridgehead atoms.